The fraction of sp³-hybridized carbons (Fsp3) is 0.611. The zero-order chi connectivity index (χ0) is 16.0. The van der Waals surface area contributed by atoms with Gasteiger partial charge in [-0.1, -0.05) is 18.2 Å². The second kappa shape index (κ2) is 9.87. The van der Waals surface area contributed by atoms with Crippen molar-refractivity contribution in [2.24, 2.45) is 10.9 Å². The molecule has 2 fully saturated rings. The Morgan fingerprint density at radius 1 is 1.25 bits per heavy atom. The lowest BCUT2D eigenvalue weighted by atomic mass is 10.4. The van der Waals surface area contributed by atoms with Crippen LogP contribution >= 0.6 is 35.7 Å². The minimum atomic E-state index is 0. The maximum Gasteiger partial charge on any atom is 0.191 e. The summed E-state index contributed by atoms with van der Waals surface area (Å²) < 4.78 is 5.97. The number of nitrogens with one attached hydrogen (secondary N) is 2. The number of rotatable bonds is 9. The molecule has 0 atom stereocenters. The molecule has 3 rings (SSSR count). The van der Waals surface area contributed by atoms with Gasteiger partial charge in [-0.25, -0.2) is 0 Å². The third-order valence-electron chi connectivity index (χ3n) is 4.28. The number of guanidine groups is 1. The Kier molecular flexibility index (Phi) is 8.16. The summed E-state index contributed by atoms with van der Waals surface area (Å²) in [4.78, 5) is 5.65. The van der Waals surface area contributed by atoms with Gasteiger partial charge in [0.1, 0.15) is 0 Å². The van der Waals surface area contributed by atoms with Crippen molar-refractivity contribution >= 4 is 41.7 Å². The van der Waals surface area contributed by atoms with Gasteiger partial charge in [0, 0.05) is 36.4 Å². The number of nitrogens with zero attached hydrogens (tertiary/aromatic N) is 1. The predicted molar refractivity (Wildman–Crippen MR) is 113 cm³/mol. The van der Waals surface area contributed by atoms with E-state index in [4.69, 9.17) is 4.74 Å². The zero-order valence-corrected chi connectivity index (χ0v) is 17.4. The Balaban J connectivity index is 0.00000208. The van der Waals surface area contributed by atoms with Crippen molar-refractivity contribution in [3.63, 3.8) is 0 Å². The predicted octanol–water partition coefficient (Wildman–Crippen LogP) is 3.52. The molecule has 2 aliphatic rings. The van der Waals surface area contributed by atoms with E-state index in [1.165, 1.54) is 30.6 Å². The molecule has 0 aromatic heterocycles. The minimum absolute atomic E-state index is 0. The number of halogens is 1. The van der Waals surface area contributed by atoms with E-state index in [1.54, 1.807) is 0 Å². The highest BCUT2D eigenvalue weighted by atomic mass is 127. The van der Waals surface area contributed by atoms with Crippen molar-refractivity contribution in [1.29, 1.82) is 0 Å². The molecule has 0 heterocycles. The summed E-state index contributed by atoms with van der Waals surface area (Å²) in [5.74, 6) is 1.71. The van der Waals surface area contributed by atoms with E-state index in [0.29, 0.717) is 4.75 Å². The van der Waals surface area contributed by atoms with E-state index in [-0.39, 0.29) is 24.0 Å². The second-order valence-electron chi connectivity index (χ2n) is 6.47. The van der Waals surface area contributed by atoms with Crippen molar-refractivity contribution in [3.05, 3.63) is 30.3 Å². The monoisotopic (exact) mass is 461 g/mol. The van der Waals surface area contributed by atoms with Crippen molar-refractivity contribution < 1.29 is 4.74 Å². The molecule has 0 aliphatic heterocycles. The molecule has 0 bridgehead atoms. The number of thioether (sulfide) groups is 1. The molecule has 0 spiro atoms. The molecule has 0 radical (unpaired) electrons. The minimum Gasteiger partial charge on any atom is -0.379 e. The van der Waals surface area contributed by atoms with Gasteiger partial charge < -0.3 is 15.4 Å². The third kappa shape index (κ3) is 6.80. The lowest BCUT2D eigenvalue weighted by Gasteiger charge is -2.18. The van der Waals surface area contributed by atoms with E-state index < -0.39 is 0 Å². The fourth-order valence-electron chi connectivity index (χ4n) is 2.43. The first kappa shape index (κ1) is 19.8. The van der Waals surface area contributed by atoms with Crippen molar-refractivity contribution in [1.82, 2.24) is 10.6 Å². The summed E-state index contributed by atoms with van der Waals surface area (Å²) >= 11 is 1.98. The molecular weight excluding hydrogens is 433 g/mol. The van der Waals surface area contributed by atoms with Gasteiger partial charge in [0.2, 0.25) is 0 Å². The molecule has 2 aliphatic carbocycles. The number of ether oxygens (including phenoxy) is 1. The molecule has 0 amide bonds. The zero-order valence-electron chi connectivity index (χ0n) is 14.3. The van der Waals surface area contributed by atoms with Crippen LogP contribution in [0.15, 0.2) is 40.2 Å². The van der Waals surface area contributed by atoms with Crippen LogP contribution in [-0.4, -0.2) is 44.1 Å². The highest BCUT2D eigenvalue weighted by molar-refractivity contribution is 14.0. The Hall–Kier alpha value is -0.470. The van der Waals surface area contributed by atoms with Crippen LogP contribution in [0.5, 0.6) is 0 Å². The molecule has 0 unspecified atom stereocenters. The van der Waals surface area contributed by atoms with E-state index in [1.807, 2.05) is 18.8 Å². The molecule has 2 saturated carbocycles. The van der Waals surface area contributed by atoms with Gasteiger partial charge in [-0.2, -0.15) is 0 Å². The van der Waals surface area contributed by atoms with Crippen LogP contribution in [0.25, 0.3) is 0 Å². The summed E-state index contributed by atoms with van der Waals surface area (Å²) in [5.41, 5.74) is 0. The van der Waals surface area contributed by atoms with Crippen molar-refractivity contribution in [2.75, 3.05) is 33.4 Å². The van der Waals surface area contributed by atoms with Gasteiger partial charge in [-0.05, 0) is 43.7 Å². The Bertz CT molecular complexity index is 518. The van der Waals surface area contributed by atoms with E-state index in [2.05, 4.69) is 46.0 Å². The fourth-order valence-corrected chi connectivity index (χ4v) is 3.68. The van der Waals surface area contributed by atoms with Gasteiger partial charge in [0.15, 0.2) is 5.96 Å². The molecule has 0 saturated heterocycles. The maximum absolute atomic E-state index is 5.64. The largest absolute Gasteiger partial charge is 0.379 e. The van der Waals surface area contributed by atoms with Gasteiger partial charge >= 0.3 is 0 Å². The molecule has 134 valence electrons. The molecule has 6 heteroatoms. The molecule has 1 aromatic carbocycles. The average Bonchev–Trinajstić information content (AvgIpc) is 3.48. The summed E-state index contributed by atoms with van der Waals surface area (Å²) in [6.45, 7) is 3.44. The molecular formula is C18H28IN3OS. The van der Waals surface area contributed by atoms with Crippen molar-refractivity contribution in [3.8, 4) is 0 Å². The first-order valence-electron chi connectivity index (χ1n) is 8.56. The summed E-state index contributed by atoms with van der Waals surface area (Å²) in [7, 11) is 1.82. The lowest BCUT2D eigenvalue weighted by Crippen LogP contribution is -2.42. The Morgan fingerprint density at radius 3 is 2.62 bits per heavy atom. The van der Waals surface area contributed by atoms with Crippen LogP contribution < -0.4 is 10.6 Å². The standard InChI is InChI=1S/C18H27N3OS.HI/c1-19-17(20-11-12-22-13-15-7-8-15)21-14-18(9-10-18)23-16-5-3-2-4-6-16;/h2-6,15H,7-14H2,1H3,(H2,19,20,21);1H. The van der Waals surface area contributed by atoms with Crippen LogP contribution in [0.3, 0.4) is 0 Å². The van der Waals surface area contributed by atoms with Gasteiger partial charge in [0.25, 0.3) is 0 Å². The quantitative estimate of drug-likeness (QED) is 0.256. The molecule has 2 N–H and O–H groups in total. The van der Waals surface area contributed by atoms with Crippen LogP contribution in [0, 0.1) is 5.92 Å². The lowest BCUT2D eigenvalue weighted by molar-refractivity contribution is 0.129. The number of hydrogen-bond acceptors (Lipinski definition) is 3. The SMILES string of the molecule is CN=C(NCCOCC1CC1)NCC1(Sc2ccccc2)CC1.I. The highest BCUT2D eigenvalue weighted by Crippen LogP contribution is 2.51. The number of hydrogen-bond donors (Lipinski definition) is 2. The third-order valence-corrected chi connectivity index (χ3v) is 5.77. The second-order valence-corrected chi connectivity index (χ2v) is 8.01. The topological polar surface area (TPSA) is 45.7 Å². The Morgan fingerprint density at radius 2 is 2.00 bits per heavy atom. The van der Waals surface area contributed by atoms with Gasteiger partial charge in [0.05, 0.1) is 6.61 Å². The van der Waals surface area contributed by atoms with Crippen molar-refractivity contribution in [2.45, 2.75) is 35.3 Å². The number of aliphatic imine (C=N–C) groups is 1. The van der Waals surface area contributed by atoms with Crippen LogP contribution in [-0.2, 0) is 4.74 Å². The maximum atomic E-state index is 5.64. The first-order valence-corrected chi connectivity index (χ1v) is 9.38. The summed E-state index contributed by atoms with van der Waals surface area (Å²) in [6, 6.07) is 10.7. The van der Waals surface area contributed by atoms with E-state index >= 15 is 0 Å². The first-order chi connectivity index (χ1) is 11.3. The van der Waals surface area contributed by atoms with Crippen LogP contribution in [0.2, 0.25) is 0 Å². The van der Waals surface area contributed by atoms with E-state index in [0.717, 1.165) is 38.2 Å². The number of benzene rings is 1. The van der Waals surface area contributed by atoms with Gasteiger partial charge in [-0.3, -0.25) is 4.99 Å². The Labute approximate surface area is 166 Å². The summed E-state index contributed by atoms with van der Waals surface area (Å²) in [5, 5.41) is 6.80. The van der Waals surface area contributed by atoms with E-state index in [9.17, 15) is 0 Å². The molecule has 4 nitrogen and oxygen atoms in total. The van der Waals surface area contributed by atoms with Crippen LogP contribution in [0.1, 0.15) is 25.7 Å². The average molecular weight is 461 g/mol. The summed E-state index contributed by atoms with van der Waals surface area (Å²) in [6.07, 6.45) is 5.22. The smallest absolute Gasteiger partial charge is 0.191 e. The highest BCUT2D eigenvalue weighted by Gasteiger charge is 2.43. The van der Waals surface area contributed by atoms with Crippen LogP contribution in [0.4, 0.5) is 0 Å². The molecule has 24 heavy (non-hydrogen) atoms. The normalized spacial score (nSPS) is 18.6. The molecule has 1 aromatic rings. The van der Waals surface area contributed by atoms with Gasteiger partial charge in [-0.15, -0.1) is 35.7 Å².